The molecular weight excluding hydrogens is 146 g/mol. The molecule has 4 nitrogen and oxygen atoms in total. The van der Waals surface area contributed by atoms with Crippen LogP contribution in [-0.4, -0.2) is 23.5 Å². The summed E-state index contributed by atoms with van der Waals surface area (Å²) in [6, 6.07) is 0. The van der Waals surface area contributed by atoms with Crippen molar-refractivity contribution in [2.75, 3.05) is 6.54 Å². The van der Waals surface area contributed by atoms with Crippen LogP contribution >= 0.6 is 0 Å². The lowest BCUT2D eigenvalue weighted by atomic mass is 10.4. The van der Waals surface area contributed by atoms with Gasteiger partial charge in [0.05, 0.1) is 6.54 Å². The van der Waals surface area contributed by atoms with Crippen molar-refractivity contribution in [3.63, 3.8) is 0 Å². The summed E-state index contributed by atoms with van der Waals surface area (Å²) >= 11 is 0. The third-order valence-electron chi connectivity index (χ3n) is 0.489. The van der Waals surface area contributed by atoms with Crippen LogP contribution < -0.4 is 5.32 Å². The largest absolute Gasteiger partial charge is 0.465 e. The maximum atomic E-state index is 10.0. The highest BCUT2D eigenvalue weighted by atomic mass is 16.4. The van der Waals surface area contributed by atoms with Gasteiger partial charge in [0.2, 0.25) is 0 Å². The molecule has 0 heterocycles. The molecule has 0 aliphatic carbocycles. The lowest BCUT2D eigenvalue weighted by molar-refractivity contribution is -0.116. The zero-order valence-corrected chi connectivity index (χ0v) is 7.18. The first kappa shape index (κ1) is 12.6. The van der Waals surface area contributed by atoms with Crippen molar-refractivity contribution in [3.8, 4) is 0 Å². The minimum atomic E-state index is -1.17. The number of carbonyl (C=O) groups is 2. The first-order valence-corrected chi connectivity index (χ1v) is 3.50. The van der Waals surface area contributed by atoms with E-state index in [1.54, 1.807) is 0 Å². The highest BCUT2D eigenvalue weighted by molar-refractivity contribution is 5.81. The van der Waals surface area contributed by atoms with Gasteiger partial charge in [-0.05, 0) is 6.92 Å². The fourth-order valence-corrected chi connectivity index (χ4v) is 0.200. The predicted molar refractivity (Wildman–Crippen MR) is 42.7 cm³/mol. The van der Waals surface area contributed by atoms with Crippen LogP contribution in [0.1, 0.15) is 27.2 Å². The van der Waals surface area contributed by atoms with Gasteiger partial charge in [-0.1, -0.05) is 20.3 Å². The van der Waals surface area contributed by atoms with E-state index in [1.807, 2.05) is 5.32 Å². The van der Waals surface area contributed by atoms with Crippen LogP contribution in [0.2, 0.25) is 0 Å². The van der Waals surface area contributed by atoms with Crippen LogP contribution in [0, 0.1) is 0 Å². The van der Waals surface area contributed by atoms with Crippen LogP contribution in [0.5, 0.6) is 0 Å². The van der Waals surface area contributed by atoms with Gasteiger partial charge in [-0.25, -0.2) is 4.79 Å². The Morgan fingerprint density at radius 2 is 1.73 bits per heavy atom. The van der Waals surface area contributed by atoms with Crippen molar-refractivity contribution in [2.24, 2.45) is 0 Å². The molecule has 0 atom stereocenters. The monoisotopic (exact) mass is 161 g/mol. The second kappa shape index (κ2) is 8.94. The summed E-state index contributed by atoms with van der Waals surface area (Å²) in [6.45, 7) is 5.46. The number of carboxylic acid groups (broad SMARTS) is 1. The van der Waals surface area contributed by atoms with Gasteiger partial charge in [-0.15, -0.1) is 0 Å². The average Bonchev–Trinajstić information content (AvgIpc) is 1.85. The topological polar surface area (TPSA) is 66.4 Å². The Morgan fingerprint density at radius 1 is 1.36 bits per heavy atom. The molecule has 0 aliphatic rings. The highest BCUT2D eigenvalue weighted by Crippen LogP contribution is 1.63. The van der Waals surface area contributed by atoms with Crippen LogP contribution in [-0.2, 0) is 4.79 Å². The molecule has 0 fully saturated rings. The Kier molecular flexibility index (Phi) is 10.2. The van der Waals surface area contributed by atoms with Crippen molar-refractivity contribution >= 4 is 11.9 Å². The molecule has 0 aromatic carbocycles. The number of ketones is 1. The smallest absolute Gasteiger partial charge is 0.405 e. The van der Waals surface area contributed by atoms with Gasteiger partial charge in [-0.3, -0.25) is 4.79 Å². The first-order chi connectivity index (χ1) is 5.04. The average molecular weight is 161 g/mol. The van der Waals surface area contributed by atoms with Crippen LogP contribution in [0.3, 0.4) is 0 Å². The van der Waals surface area contributed by atoms with Crippen molar-refractivity contribution in [1.29, 1.82) is 0 Å². The number of nitrogens with one attached hydrogen (secondary N) is 1. The molecule has 0 saturated carbocycles. The van der Waals surface area contributed by atoms with Crippen molar-refractivity contribution in [3.05, 3.63) is 0 Å². The number of carbonyl (C=O) groups excluding carboxylic acids is 1. The first-order valence-electron chi connectivity index (χ1n) is 3.50. The van der Waals surface area contributed by atoms with E-state index >= 15 is 0 Å². The normalized spacial score (nSPS) is 7.55. The summed E-state index contributed by atoms with van der Waals surface area (Å²) in [5.74, 6) is -0.188. The number of rotatable bonds is 2. The quantitative estimate of drug-likeness (QED) is 0.640. The molecule has 0 bridgehead atoms. The Labute approximate surface area is 66.6 Å². The Bertz CT molecular complexity index is 109. The summed E-state index contributed by atoms with van der Waals surface area (Å²) in [6.07, 6.45) is 0.0835. The number of hydrogen-bond acceptors (Lipinski definition) is 2. The van der Waals surface area contributed by atoms with Gasteiger partial charge in [0.25, 0.3) is 0 Å². The highest BCUT2D eigenvalue weighted by Gasteiger charge is 1.94. The molecule has 0 spiro atoms. The lowest BCUT2D eigenvalue weighted by Crippen LogP contribution is -2.26. The second-order valence-electron chi connectivity index (χ2n) is 2.07. The minimum Gasteiger partial charge on any atom is -0.465 e. The SMILES string of the molecule is CC(=O)CNC(=O)O.CCC. The molecule has 0 rings (SSSR count). The van der Waals surface area contributed by atoms with E-state index < -0.39 is 6.09 Å². The van der Waals surface area contributed by atoms with Gasteiger partial charge < -0.3 is 10.4 Å². The summed E-state index contributed by atoms with van der Waals surface area (Å²) in [5.41, 5.74) is 0. The molecule has 11 heavy (non-hydrogen) atoms. The maximum absolute atomic E-state index is 10.0. The Morgan fingerprint density at radius 3 is 1.82 bits per heavy atom. The van der Waals surface area contributed by atoms with Gasteiger partial charge >= 0.3 is 6.09 Å². The van der Waals surface area contributed by atoms with Gasteiger partial charge in [0, 0.05) is 0 Å². The molecule has 0 aromatic rings. The minimum absolute atomic E-state index is 0.102. The van der Waals surface area contributed by atoms with Gasteiger partial charge in [-0.2, -0.15) is 0 Å². The van der Waals surface area contributed by atoms with Gasteiger partial charge in [0.15, 0.2) is 0 Å². The fourth-order valence-electron chi connectivity index (χ4n) is 0.200. The van der Waals surface area contributed by atoms with E-state index in [9.17, 15) is 9.59 Å². The van der Waals surface area contributed by atoms with E-state index in [1.165, 1.54) is 13.3 Å². The van der Waals surface area contributed by atoms with E-state index in [2.05, 4.69) is 13.8 Å². The van der Waals surface area contributed by atoms with E-state index in [-0.39, 0.29) is 12.3 Å². The third kappa shape index (κ3) is 27.7. The second-order valence-corrected chi connectivity index (χ2v) is 2.07. The lowest BCUT2D eigenvalue weighted by Gasteiger charge is -1.91. The Hall–Kier alpha value is -1.06. The van der Waals surface area contributed by atoms with E-state index in [0.717, 1.165) is 0 Å². The third-order valence-corrected chi connectivity index (χ3v) is 0.489. The molecule has 66 valence electrons. The van der Waals surface area contributed by atoms with E-state index in [0.29, 0.717) is 0 Å². The molecule has 1 amide bonds. The van der Waals surface area contributed by atoms with E-state index in [4.69, 9.17) is 5.11 Å². The molecule has 0 radical (unpaired) electrons. The molecule has 2 N–H and O–H groups in total. The zero-order valence-electron chi connectivity index (χ0n) is 7.18. The van der Waals surface area contributed by atoms with Gasteiger partial charge in [0.1, 0.15) is 5.78 Å². The molecule has 0 aliphatic heterocycles. The summed E-state index contributed by atoms with van der Waals surface area (Å²) < 4.78 is 0. The molecule has 0 aromatic heterocycles. The predicted octanol–water partition coefficient (Wildman–Crippen LogP) is 1.26. The number of hydrogen-bond donors (Lipinski definition) is 2. The molecule has 4 heteroatoms. The van der Waals surface area contributed by atoms with Crippen molar-refractivity contribution in [2.45, 2.75) is 27.2 Å². The summed E-state index contributed by atoms with van der Waals surface area (Å²) in [4.78, 5) is 19.7. The van der Waals surface area contributed by atoms with Crippen LogP contribution in [0.15, 0.2) is 0 Å². The number of amides is 1. The van der Waals surface area contributed by atoms with Crippen LogP contribution in [0.4, 0.5) is 4.79 Å². The maximum Gasteiger partial charge on any atom is 0.405 e. The molecule has 0 saturated heterocycles. The summed E-state index contributed by atoms with van der Waals surface area (Å²) in [7, 11) is 0. The summed E-state index contributed by atoms with van der Waals surface area (Å²) in [5, 5.41) is 9.81. The molecule has 0 unspecified atom stereocenters. The van der Waals surface area contributed by atoms with Crippen LogP contribution in [0.25, 0.3) is 0 Å². The zero-order chi connectivity index (χ0) is 9.28. The standard InChI is InChI=1S/C4H7NO3.C3H8/c1-3(6)2-5-4(7)8;1-3-2/h5H,2H2,1H3,(H,7,8);3H2,1-2H3. The van der Waals surface area contributed by atoms with Crippen molar-refractivity contribution < 1.29 is 14.7 Å². The fraction of sp³-hybridized carbons (Fsp3) is 0.714. The van der Waals surface area contributed by atoms with Crippen molar-refractivity contribution in [1.82, 2.24) is 5.32 Å². The Balaban J connectivity index is 0. The molecular formula is C7H15NO3. The number of Topliss-reactive ketones (excluding diaryl/α,β-unsaturated/α-hetero) is 1.